The third kappa shape index (κ3) is 4.22. The quantitative estimate of drug-likeness (QED) is 0.598. The molecule has 0 aliphatic carbocycles. The summed E-state index contributed by atoms with van der Waals surface area (Å²) in [5.74, 6) is 0.386. The number of aromatic amines is 1. The number of aromatic nitrogens is 4. The number of amides is 1. The largest absolute Gasteiger partial charge is 0.368 e. The monoisotopic (exact) mass is 287 g/mol. The molecular formula is C14H17N5O2. The van der Waals surface area contributed by atoms with Gasteiger partial charge in [-0.1, -0.05) is 12.1 Å². The second-order valence-electron chi connectivity index (χ2n) is 4.30. The number of hydrogen-bond donors (Lipinski definition) is 2. The number of nitrogens with zero attached hydrogens (tertiary/aromatic N) is 3. The molecule has 2 heterocycles. The maximum atomic E-state index is 11.9. The van der Waals surface area contributed by atoms with Crippen LogP contribution in [0.25, 0.3) is 11.5 Å². The molecule has 0 spiro atoms. The first-order valence-electron chi connectivity index (χ1n) is 6.58. The SMILES string of the molecule is C=CCCOC(C)C(=O)Nc1n[nH]c(-c2ccccn2)n1. The van der Waals surface area contributed by atoms with Gasteiger partial charge in [-0.3, -0.25) is 20.2 Å². The number of ether oxygens (including phenoxy) is 1. The van der Waals surface area contributed by atoms with Crippen molar-refractivity contribution in [3.63, 3.8) is 0 Å². The van der Waals surface area contributed by atoms with E-state index in [1.165, 1.54) is 0 Å². The van der Waals surface area contributed by atoms with Crippen LogP contribution in [0.1, 0.15) is 13.3 Å². The topological polar surface area (TPSA) is 92.8 Å². The van der Waals surface area contributed by atoms with Crippen molar-refractivity contribution >= 4 is 11.9 Å². The highest BCUT2D eigenvalue weighted by atomic mass is 16.5. The van der Waals surface area contributed by atoms with Crippen LogP contribution in [-0.4, -0.2) is 38.8 Å². The first-order valence-corrected chi connectivity index (χ1v) is 6.58. The van der Waals surface area contributed by atoms with E-state index in [4.69, 9.17) is 4.74 Å². The first-order chi connectivity index (χ1) is 10.2. The van der Waals surface area contributed by atoms with Crippen molar-refractivity contribution in [2.75, 3.05) is 11.9 Å². The lowest BCUT2D eigenvalue weighted by atomic mass is 10.3. The molecule has 2 aromatic heterocycles. The summed E-state index contributed by atoms with van der Waals surface area (Å²) in [6, 6.07) is 5.45. The van der Waals surface area contributed by atoms with Crippen molar-refractivity contribution in [2.24, 2.45) is 0 Å². The fraction of sp³-hybridized carbons (Fsp3) is 0.286. The lowest BCUT2D eigenvalue weighted by Gasteiger charge is -2.10. The molecule has 0 bridgehead atoms. The zero-order valence-corrected chi connectivity index (χ0v) is 11.7. The van der Waals surface area contributed by atoms with Crippen LogP contribution in [-0.2, 0) is 9.53 Å². The Hall–Kier alpha value is -2.54. The smallest absolute Gasteiger partial charge is 0.255 e. The Morgan fingerprint density at radius 1 is 1.57 bits per heavy atom. The van der Waals surface area contributed by atoms with Gasteiger partial charge in [0.05, 0.1) is 6.61 Å². The number of hydrogen-bond acceptors (Lipinski definition) is 5. The summed E-state index contributed by atoms with van der Waals surface area (Å²) in [7, 11) is 0. The Kier molecular flexibility index (Phi) is 5.16. The summed E-state index contributed by atoms with van der Waals surface area (Å²) >= 11 is 0. The summed E-state index contributed by atoms with van der Waals surface area (Å²) in [5.41, 5.74) is 0.654. The molecule has 2 N–H and O–H groups in total. The van der Waals surface area contributed by atoms with Crippen LogP contribution in [0.3, 0.4) is 0 Å². The molecule has 0 aliphatic heterocycles. The van der Waals surface area contributed by atoms with E-state index in [1.54, 1.807) is 25.3 Å². The van der Waals surface area contributed by atoms with E-state index < -0.39 is 6.10 Å². The first kappa shape index (κ1) is 14.9. The number of nitrogens with one attached hydrogen (secondary N) is 2. The zero-order chi connectivity index (χ0) is 15.1. The molecule has 2 rings (SSSR count). The third-order valence-electron chi connectivity index (χ3n) is 2.69. The predicted molar refractivity (Wildman–Crippen MR) is 78.5 cm³/mol. The number of rotatable bonds is 7. The van der Waals surface area contributed by atoms with E-state index in [0.29, 0.717) is 24.5 Å². The summed E-state index contributed by atoms with van der Waals surface area (Å²) in [4.78, 5) is 20.2. The van der Waals surface area contributed by atoms with Crippen LogP contribution in [0, 0.1) is 0 Å². The van der Waals surface area contributed by atoms with Crippen LogP contribution in [0.2, 0.25) is 0 Å². The minimum atomic E-state index is -0.582. The molecule has 0 saturated carbocycles. The number of H-pyrrole nitrogens is 1. The molecule has 7 heteroatoms. The van der Waals surface area contributed by atoms with Crippen LogP contribution < -0.4 is 5.32 Å². The van der Waals surface area contributed by atoms with Gasteiger partial charge in [0.15, 0.2) is 5.82 Å². The Morgan fingerprint density at radius 2 is 2.43 bits per heavy atom. The lowest BCUT2D eigenvalue weighted by Crippen LogP contribution is -2.28. The van der Waals surface area contributed by atoms with Gasteiger partial charge in [-0.2, -0.15) is 4.98 Å². The molecule has 110 valence electrons. The molecule has 0 aromatic carbocycles. The van der Waals surface area contributed by atoms with Gasteiger partial charge in [-0.05, 0) is 25.5 Å². The van der Waals surface area contributed by atoms with Gasteiger partial charge >= 0.3 is 0 Å². The number of carbonyl (C=O) groups excluding carboxylic acids is 1. The number of anilines is 1. The molecule has 0 radical (unpaired) electrons. The van der Waals surface area contributed by atoms with Gasteiger partial charge in [0.1, 0.15) is 11.8 Å². The normalized spacial score (nSPS) is 11.9. The molecule has 1 atom stereocenters. The Bertz CT molecular complexity index is 596. The standard InChI is InChI=1S/C14H17N5O2/c1-3-4-9-21-10(2)13(20)17-14-16-12(18-19-14)11-7-5-6-8-15-11/h3,5-8,10H,1,4,9H2,2H3,(H2,16,17,18,19,20). The average molecular weight is 287 g/mol. The van der Waals surface area contributed by atoms with E-state index in [1.807, 2.05) is 12.1 Å². The molecule has 7 nitrogen and oxygen atoms in total. The fourth-order valence-electron chi connectivity index (χ4n) is 1.55. The van der Waals surface area contributed by atoms with Crippen LogP contribution >= 0.6 is 0 Å². The summed E-state index contributed by atoms with van der Waals surface area (Å²) < 4.78 is 5.35. The summed E-state index contributed by atoms with van der Waals surface area (Å²) in [5, 5.41) is 9.25. The van der Waals surface area contributed by atoms with Gasteiger partial charge in [0, 0.05) is 6.20 Å². The minimum Gasteiger partial charge on any atom is -0.368 e. The molecule has 2 aromatic rings. The Morgan fingerprint density at radius 3 is 3.14 bits per heavy atom. The van der Waals surface area contributed by atoms with Crippen LogP contribution in [0.15, 0.2) is 37.1 Å². The fourth-order valence-corrected chi connectivity index (χ4v) is 1.55. The lowest BCUT2D eigenvalue weighted by molar-refractivity contribution is -0.126. The highest BCUT2D eigenvalue weighted by molar-refractivity contribution is 5.92. The molecule has 0 aliphatic rings. The average Bonchev–Trinajstić information content (AvgIpc) is 2.97. The predicted octanol–water partition coefficient (Wildman–Crippen LogP) is 1.79. The summed E-state index contributed by atoms with van der Waals surface area (Å²) in [6.07, 6.45) is 3.51. The van der Waals surface area contributed by atoms with Crippen molar-refractivity contribution < 1.29 is 9.53 Å². The van der Waals surface area contributed by atoms with E-state index in [2.05, 4.69) is 32.1 Å². The van der Waals surface area contributed by atoms with Crippen molar-refractivity contribution in [2.45, 2.75) is 19.4 Å². The van der Waals surface area contributed by atoms with Crippen molar-refractivity contribution in [3.8, 4) is 11.5 Å². The molecule has 1 unspecified atom stereocenters. The highest BCUT2D eigenvalue weighted by Gasteiger charge is 2.15. The highest BCUT2D eigenvalue weighted by Crippen LogP contribution is 2.12. The van der Waals surface area contributed by atoms with E-state index in [0.717, 1.165) is 0 Å². The third-order valence-corrected chi connectivity index (χ3v) is 2.69. The van der Waals surface area contributed by atoms with Crippen LogP contribution in [0.4, 0.5) is 5.95 Å². The molecule has 1 amide bonds. The van der Waals surface area contributed by atoms with Gasteiger partial charge in [0.25, 0.3) is 5.91 Å². The maximum absolute atomic E-state index is 11.9. The number of pyridine rings is 1. The van der Waals surface area contributed by atoms with E-state index in [-0.39, 0.29) is 11.9 Å². The number of carbonyl (C=O) groups is 1. The van der Waals surface area contributed by atoms with Crippen molar-refractivity contribution in [1.29, 1.82) is 0 Å². The molecule has 0 saturated heterocycles. The Labute approximate surface area is 122 Å². The van der Waals surface area contributed by atoms with Crippen LogP contribution in [0.5, 0.6) is 0 Å². The van der Waals surface area contributed by atoms with Crippen molar-refractivity contribution in [1.82, 2.24) is 20.2 Å². The second kappa shape index (κ2) is 7.30. The molecule has 0 fully saturated rings. The van der Waals surface area contributed by atoms with Gasteiger partial charge in [0.2, 0.25) is 5.95 Å². The molecule has 21 heavy (non-hydrogen) atoms. The van der Waals surface area contributed by atoms with E-state index in [9.17, 15) is 4.79 Å². The van der Waals surface area contributed by atoms with E-state index >= 15 is 0 Å². The minimum absolute atomic E-state index is 0.194. The second-order valence-corrected chi connectivity index (χ2v) is 4.30. The van der Waals surface area contributed by atoms with Crippen molar-refractivity contribution in [3.05, 3.63) is 37.1 Å². The zero-order valence-electron chi connectivity index (χ0n) is 11.7. The maximum Gasteiger partial charge on any atom is 0.255 e. The van der Waals surface area contributed by atoms with Gasteiger partial charge in [-0.15, -0.1) is 11.7 Å². The van der Waals surface area contributed by atoms with Gasteiger partial charge in [-0.25, -0.2) is 0 Å². The van der Waals surface area contributed by atoms with Gasteiger partial charge < -0.3 is 4.74 Å². The Balaban J connectivity index is 1.93. The summed E-state index contributed by atoms with van der Waals surface area (Å²) in [6.45, 7) is 5.71. The molecular weight excluding hydrogens is 270 g/mol.